The van der Waals surface area contributed by atoms with Crippen LogP contribution < -0.4 is 9.47 Å². The first-order chi connectivity index (χ1) is 13.4. The van der Waals surface area contributed by atoms with E-state index in [1.807, 2.05) is 36.4 Å². The summed E-state index contributed by atoms with van der Waals surface area (Å²) >= 11 is 0. The van der Waals surface area contributed by atoms with Crippen LogP contribution in [0.4, 0.5) is 0 Å². The van der Waals surface area contributed by atoms with Gasteiger partial charge in [-0.3, -0.25) is 0 Å². The van der Waals surface area contributed by atoms with Gasteiger partial charge in [-0.1, -0.05) is 5.56 Å². The van der Waals surface area contributed by atoms with Crippen molar-refractivity contribution in [1.82, 2.24) is 10.2 Å². The zero-order valence-corrected chi connectivity index (χ0v) is 19.1. The summed E-state index contributed by atoms with van der Waals surface area (Å²) in [5.74, 6) is 2.39. The minimum absolute atomic E-state index is 0. The molecule has 2 aromatic carbocycles. The van der Waals surface area contributed by atoms with Crippen molar-refractivity contribution in [1.29, 1.82) is 0 Å². The average Bonchev–Trinajstić information content (AvgIpc) is 3.18. The Morgan fingerprint density at radius 3 is 1.90 bits per heavy atom. The van der Waals surface area contributed by atoms with E-state index in [1.165, 1.54) is 0 Å². The van der Waals surface area contributed by atoms with Crippen molar-refractivity contribution in [2.75, 3.05) is 14.2 Å². The second-order valence-electron chi connectivity index (χ2n) is 6.22. The average molecular weight is 578 g/mol. The van der Waals surface area contributed by atoms with Crippen LogP contribution in [0.15, 0.2) is 46.9 Å². The molecule has 0 aliphatic heterocycles. The molecule has 29 heavy (non-hydrogen) atoms. The fraction of sp³-hybridized carbons (Fsp3) is 0.333. The Morgan fingerprint density at radius 1 is 0.897 bits per heavy atom. The van der Waals surface area contributed by atoms with Gasteiger partial charge in [-0.2, -0.15) is 5.10 Å². The number of hydrogen-bond acceptors (Lipinski definition) is 7. The molecule has 1 radical (unpaired) electrons. The molecule has 0 bridgehead atoms. The third-order valence-electron chi connectivity index (χ3n) is 3.69. The van der Waals surface area contributed by atoms with E-state index >= 15 is 0 Å². The van der Waals surface area contributed by atoms with Crippen LogP contribution in [0.5, 0.6) is 11.5 Å². The van der Waals surface area contributed by atoms with Gasteiger partial charge in [0, 0.05) is 31.4 Å². The van der Waals surface area contributed by atoms with E-state index in [-0.39, 0.29) is 32.3 Å². The van der Waals surface area contributed by atoms with Gasteiger partial charge in [0.2, 0.25) is 5.89 Å². The molecule has 1 heterocycles. The normalized spacial score (nSPS) is 12.1. The van der Waals surface area contributed by atoms with Crippen molar-refractivity contribution < 1.29 is 44.2 Å². The second-order valence-corrected chi connectivity index (χ2v) is 6.22. The van der Waals surface area contributed by atoms with Gasteiger partial charge in [0.15, 0.2) is 5.89 Å². The molecule has 0 spiro atoms. The van der Waals surface area contributed by atoms with Gasteiger partial charge in [0.05, 0.1) is 26.4 Å². The Kier molecular flexibility index (Phi) is 10.5. The van der Waals surface area contributed by atoms with Crippen LogP contribution in [0.25, 0.3) is 22.9 Å². The van der Waals surface area contributed by atoms with Crippen LogP contribution in [0.2, 0.25) is 0 Å². The molecule has 3 aromatic rings. The third kappa shape index (κ3) is 7.95. The minimum atomic E-state index is -0.375. The fourth-order valence-corrected chi connectivity index (χ4v) is 2.35. The second kappa shape index (κ2) is 12.3. The monoisotopic (exact) mass is 578 g/mol. The van der Waals surface area contributed by atoms with Crippen LogP contribution >= 0.6 is 0 Å². The van der Waals surface area contributed by atoms with E-state index in [4.69, 9.17) is 24.1 Å². The molecule has 1 aromatic heterocycles. The number of aromatic nitrogens is 2. The Labute approximate surface area is 184 Å². The van der Waals surface area contributed by atoms with E-state index in [9.17, 15) is 0 Å². The minimum Gasteiger partial charge on any atom is -0.540 e. The van der Waals surface area contributed by atoms with Crippen molar-refractivity contribution in [3.05, 3.63) is 48.5 Å². The number of hydrogen-bond donors (Lipinski definition) is 2. The van der Waals surface area contributed by atoms with Gasteiger partial charge in [-0.15, -0.1) is 29.4 Å². The Balaban J connectivity index is 0.000000456. The number of nitrogens with zero attached hydrogens (tertiary/aromatic N) is 2. The zero-order valence-electron chi connectivity index (χ0n) is 16.8. The summed E-state index contributed by atoms with van der Waals surface area (Å²) < 4.78 is 15.9. The molecule has 0 amide bonds. The first-order valence-electron chi connectivity index (χ1n) is 8.83. The SMILES string of the molecule is CC(O)CC(C)O.COc1c[c-]c(-c2nnc(-c3ccc(OC)cc3)o2)cc1.[Ir]. The number of aliphatic hydroxyl groups is 2. The van der Waals surface area contributed by atoms with Crippen LogP contribution in [-0.4, -0.2) is 46.8 Å². The Morgan fingerprint density at radius 2 is 1.45 bits per heavy atom. The molecule has 8 heteroatoms. The summed E-state index contributed by atoms with van der Waals surface area (Å²) in [7, 11) is 3.23. The maximum Gasteiger partial charge on any atom is 0.237 e. The van der Waals surface area contributed by atoms with Gasteiger partial charge in [0.25, 0.3) is 0 Å². The van der Waals surface area contributed by atoms with Crippen molar-refractivity contribution in [2.45, 2.75) is 32.5 Å². The molecule has 2 N–H and O–H groups in total. The predicted octanol–water partition coefficient (Wildman–Crippen LogP) is 3.36. The number of methoxy groups -OCH3 is 2. The summed E-state index contributed by atoms with van der Waals surface area (Å²) in [6.07, 6.45) is -0.278. The van der Waals surface area contributed by atoms with Gasteiger partial charge < -0.3 is 24.1 Å². The van der Waals surface area contributed by atoms with Gasteiger partial charge in [-0.05, 0) is 44.5 Å². The molecule has 0 saturated heterocycles. The van der Waals surface area contributed by atoms with Crippen molar-refractivity contribution in [2.24, 2.45) is 0 Å². The quantitative estimate of drug-likeness (QED) is 0.434. The maximum absolute atomic E-state index is 8.56. The molecule has 2 atom stereocenters. The predicted molar refractivity (Wildman–Crippen MR) is 105 cm³/mol. The number of ether oxygens (including phenoxy) is 2. The molecule has 159 valence electrons. The van der Waals surface area contributed by atoms with Crippen LogP contribution in [0, 0.1) is 6.07 Å². The molecular weight excluding hydrogens is 552 g/mol. The van der Waals surface area contributed by atoms with E-state index in [0.717, 1.165) is 22.6 Å². The molecule has 0 aliphatic carbocycles. The largest absolute Gasteiger partial charge is 0.540 e. The fourth-order valence-electron chi connectivity index (χ4n) is 2.35. The summed E-state index contributed by atoms with van der Waals surface area (Å²) in [4.78, 5) is 0. The summed E-state index contributed by atoms with van der Waals surface area (Å²) in [6, 6.07) is 15.9. The topological polar surface area (TPSA) is 97.8 Å². The first-order valence-corrected chi connectivity index (χ1v) is 8.83. The van der Waals surface area contributed by atoms with Crippen molar-refractivity contribution in [3.63, 3.8) is 0 Å². The maximum atomic E-state index is 8.56. The summed E-state index contributed by atoms with van der Waals surface area (Å²) in [5, 5.41) is 25.2. The van der Waals surface area contributed by atoms with Crippen LogP contribution in [0.3, 0.4) is 0 Å². The van der Waals surface area contributed by atoms with E-state index < -0.39 is 0 Å². The third-order valence-corrected chi connectivity index (χ3v) is 3.69. The van der Waals surface area contributed by atoms with Crippen LogP contribution in [0.1, 0.15) is 20.3 Å². The molecule has 0 fully saturated rings. The summed E-state index contributed by atoms with van der Waals surface area (Å²) in [5.41, 5.74) is 1.56. The standard InChI is InChI=1S/C16H13N2O3.C5H12O2.Ir/c1-19-13-7-3-11(4-8-13)15-17-18-16(21-15)12-5-9-14(20-2)10-6-12;1-4(6)3-5(2)7;/h3-5,7-10H,1-2H3;4-7H,3H2,1-2H3;/q-1;;. The molecule has 3 rings (SSSR count). The molecule has 0 saturated carbocycles. The van der Waals surface area contributed by atoms with Crippen molar-refractivity contribution >= 4 is 0 Å². The molecule has 2 unspecified atom stereocenters. The van der Waals surface area contributed by atoms with Crippen molar-refractivity contribution in [3.8, 4) is 34.4 Å². The van der Waals surface area contributed by atoms with Crippen LogP contribution in [-0.2, 0) is 20.1 Å². The first kappa shape index (κ1) is 24.8. The number of benzene rings is 2. The van der Waals surface area contributed by atoms with Gasteiger partial charge in [0.1, 0.15) is 5.75 Å². The van der Waals surface area contributed by atoms with E-state index in [1.54, 1.807) is 34.1 Å². The van der Waals surface area contributed by atoms with Gasteiger partial charge in [-0.25, -0.2) is 0 Å². The molecular formula is C21H25IrN2O5-. The van der Waals surface area contributed by atoms with E-state index in [0.29, 0.717) is 18.2 Å². The summed E-state index contributed by atoms with van der Waals surface area (Å²) in [6.45, 7) is 3.32. The Hall–Kier alpha value is -2.25. The number of aliphatic hydroxyl groups excluding tert-OH is 2. The van der Waals surface area contributed by atoms with Gasteiger partial charge >= 0.3 is 0 Å². The van der Waals surface area contributed by atoms with E-state index in [2.05, 4.69) is 16.3 Å². The zero-order chi connectivity index (χ0) is 20.5. The number of rotatable bonds is 6. The molecule has 7 nitrogen and oxygen atoms in total. The smallest absolute Gasteiger partial charge is 0.237 e. The Bertz CT molecular complexity index is 765. The molecule has 0 aliphatic rings.